The molecule has 0 unspecified atom stereocenters. The molecule has 1 aromatic heterocycles. The molecule has 0 aliphatic carbocycles. The van der Waals surface area contributed by atoms with Gasteiger partial charge in [-0.3, -0.25) is 10.1 Å². The van der Waals surface area contributed by atoms with Crippen molar-refractivity contribution in [2.45, 2.75) is 10.1 Å². The van der Waals surface area contributed by atoms with E-state index in [1.54, 1.807) is 42.5 Å². The first-order valence-corrected chi connectivity index (χ1v) is 10.2. The van der Waals surface area contributed by atoms with Crippen molar-refractivity contribution < 1.29 is 9.18 Å². The molecule has 27 heavy (non-hydrogen) atoms. The van der Waals surface area contributed by atoms with Gasteiger partial charge in [0.25, 0.3) is 0 Å². The normalized spacial score (nSPS) is 11.1. The summed E-state index contributed by atoms with van der Waals surface area (Å²) in [4.78, 5) is 12.0. The van der Waals surface area contributed by atoms with E-state index in [9.17, 15) is 9.18 Å². The van der Waals surface area contributed by atoms with Gasteiger partial charge in [0, 0.05) is 21.9 Å². The summed E-state index contributed by atoms with van der Waals surface area (Å²) in [6, 6.07) is 11.6. The lowest BCUT2D eigenvalue weighted by molar-refractivity contribution is -0.111. The van der Waals surface area contributed by atoms with Gasteiger partial charge < -0.3 is 0 Å². The number of benzene rings is 2. The zero-order chi connectivity index (χ0) is 19.2. The molecule has 1 amide bonds. The van der Waals surface area contributed by atoms with Crippen molar-refractivity contribution in [3.63, 3.8) is 0 Å². The lowest BCUT2D eigenvalue weighted by Gasteiger charge is -1.99. The Morgan fingerprint density at radius 3 is 2.81 bits per heavy atom. The Labute approximate surface area is 173 Å². The van der Waals surface area contributed by atoms with Crippen LogP contribution in [0.4, 0.5) is 9.52 Å². The minimum absolute atomic E-state index is 0.256. The number of nitrogens with zero attached hydrogens (tertiary/aromatic N) is 2. The SMILES string of the molecule is O=C(C=Cc1ccc(Cl)cc1Cl)Nc1nnc(SCc2ccccc2F)s1. The molecule has 2 aromatic carbocycles. The fourth-order valence-electron chi connectivity index (χ4n) is 2.02. The van der Waals surface area contributed by atoms with Crippen molar-refractivity contribution >= 4 is 63.4 Å². The molecule has 0 atom stereocenters. The van der Waals surface area contributed by atoms with E-state index in [-0.39, 0.29) is 11.7 Å². The topological polar surface area (TPSA) is 54.9 Å². The first-order valence-electron chi connectivity index (χ1n) is 7.65. The van der Waals surface area contributed by atoms with Crippen LogP contribution >= 0.6 is 46.3 Å². The first-order chi connectivity index (χ1) is 13.0. The molecule has 0 spiro atoms. The van der Waals surface area contributed by atoms with Crippen molar-refractivity contribution in [3.8, 4) is 0 Å². The molecule has 138 valence electrons. The fraction of sp³-hybridized carbons (Fsp3) is 0.0556. The predicted molar refractivity (Wildman–Crippen MR) is 110 cm³/mol. The number of thioether (sulfide) groups is 1. The monoisotopic (exact) mass is 439 g/mol. The summed E-state index contributed by atoms with van der Waals surface area (Å²) in [5.74, 6) is -0.179. The van der Waals surface area contributed by atoms with Crippen LogP contribution in [0.25, 0.3) is 6.08 Å². The highest BCUT2D eigenvalue weighted by Gasteiger charge is 2.09. The molecular weight excluding hydrogens is 428 g/mol. The van der Waals surface area contributed by atoms with Gasteiger partial charge in [-0.1, -0.05) is 70.6 Å². The number of hydrogen-bond donors (Lipinski definition) is 1. The lowest BCUT2D eigenvalue weighted by atomic mass is 10.2. The molecule has 3 rings (SSSR count). The largest absolute Gasteiger partial charge is 0.297 e. The average Bonchev–Trinajstić information content (AvgIpc) is 3.07. The van der Waals surface area contributed by atoms with Gasteiger partial charge in [0.2, 0.25) is 11.0 Å². The molecule has 0 bridgehead atoms. The summed E-state index contributed by atoms with van der Waals surface area (Å²) in [5, 5.41) is 11.9. The third-order valence-corrected chi connectivity index (χ3v) is 5.91. The van der Waals surface area contributed by atoms with Crippen molar-refractivity contribution in [1.29, 1.82) is 0 Å². The average molecular weight is 440 g/mol. The zero-order valence-corrected chi connectivity index (χ0v) is 16.8. The predicted octanol–water partition coefficient (Wildman–Crippen LogP) is 5.93. The second kappa shape index (κ2) is 9.32. The zero-order valence-electron chi connectivity index (χ0n) is 13.7. The molecule has 0 saturated heterocycles. The summed E-state index contributed by atoms with van der Waals surface area (Å²) in [6.07, 6.45) is 2.94. The van der Waals surface area contributed by atoms with Gasteiger partial charge in [0.1, 0.15) is 5.82 Å². The van der Waals surface area contributed by atoms with E-state index in [2.05, 4.69) is 15.5 Å². The number of carbonyl (C=O) groups excluding carboxylic acids is 1. The Morgan fingerprint density at radius 2 is 2.04 bits per heavy atom. The quantitative estimate of drug-likeness (QED) is 0.293. The second-order valence-electron chi connectivity index (χ2n) is 5.24. The fourth-order valence-corrected chi connectivity index (χ4v) is 4.24. The lowest BCUT2D eigenvalue weighted by Crippen LogP contribution is -2.07. The molecule has 0 aliphatic heterocycles. The number of rotatable bonds is 6. The van der Waals surface area contributed by atoms with Crippen LogP contribution in [0.15, 0.2) is 52.9 Å². The molecule has 3 aromatic rings. The standard InChI is InChI=1S/C18H12Cl2FN3OS2/c19-13-7-5-11(14(20)9-13)6-8-16(25)22-17-23-24-18(27-17)26-10-12-3-1-2-4-15(12)21/h1-9H,10H2,(H,22,23,25). The van der Waals surface area contributed by atoms with Crippen LogP contribution in [0.3, 0.4) is 0 Å². The van der Waals surface area contributed by atoms with E-state index < -0.39 is 0 Å². The molecule has 1 N–H and O–H groups in total. The van der Waals surface area contributed by atoms with Crippen LogP contribution in [-0.4, -0.2) is 16.1 Å². The van der Waals surface area contributed by atoms with Gasteiger partial charge in [-0.25, -0.2) is 4.39 Å². The van der Waals surface area contributed by atoms with Gasteiger partial charge in [-0.15, -0.1) is 10.2 Å². The molecule has 9 heteroatoms. The van der Waals surface area contributed by atoms with Gasteiger partial charge >= 0.3 is 0 Å². The third-order valence-electron chi connectivity index (χ3n) is 3.32. The van der Waals surface area contributed by atoms with Gasteiger partial charge in [-0.05, 0) is 35.4 Å². The van der Waals surface area contributed by atoms with E-state index in [4.69, 9.17) is 23.2 Å². The van der Waals surface area contributed by atoms with Crippen LogP contribution in [0.5, 0.6) is 0 Å². The second-order valence-corrected chi connectivity index (χ2v) is 8.29. The van der Waals surface area contributed by atoms with Crippen LogP contribution in [-0.2, 0) is 10.5 Å². The Morgan fingerprint density at radius 1 is 1.22 bits per heavy atom. The first kappa shape index (κ1) is 19.8. The molecule has 0 fully saturated rings. The molecule has 1 heterocycles. The number of aromatic nitrogens is 2. The Hall–Kier alpha value is -1.93. The minimum Gasteiger partial charge on any atom is -0.297 e. The maximum Gasteiger partial charge on any atom is 0.250 e. The van der Waals surface area contributed by atoms with Crippen molar-refractivity contribution in [2.24, 2.45) is 0 Å². The Bertz CT molecular complexity index is 994. The molecule has 0 aliphatic rings. The summed E-state index contributed by atoms with van der Waals surface area (Å²) in [5.41, 5.74) is 1.26. The van der Waals surface area contributed by atoms with Crippen molar-refractivity contribution in [2.75, 3.05) is 5.32 Å². The number of halogens is 3. The number of amides is 1. The molecular formula is C18H12Cl2FN3OS2. The van der Waals surface area contributed by atoms with Crippen LogP contribution in [0.2, 0.25) is 10.0 Å². The highest BCUT2D eigenvalue weighted by atomic mass is 35.5. The summed E-state index contributed by atoms with van der Waals surface area (Å²) < 4.78 is 14.3. The highest BCUT2D eigenvalue weighted by Crippen LogP contribution is 2.29. The van der Waals surface area contributed by atoms with Gasteiger partial charge in [-0.2, -0.15) is 0 Å². The number of carbonyl (C=O) groups is 1. The Kier molecular flexibility index (Phi) is 6.84. The summed E-state index contributed by atoms with van der Waals surface area (Å²) >= 11 is 14.5. The van der Waals surface area contributed by atoms with Gasteiger partial charge in [0.15, 0.2) is 4.34 Å². The van der Waals surface area contributed by atoms with E-state index in [0.29, 0.717) is 36.4 Å². The van der Waals surface area contributed by atoms with Gasteiger partial charge in [0.05, 0.1) is 0 Å². The molecule has 0 saturated carbocycles. The van der Waals surface area contributed by atoms with Crippen LogP contribution < -0.4 is 5.32 Å². The van der Waals surface area contributed by atoms with E-state index in [1.807, 2.05) is 0 Å². The van der Waals surface area contributed by atoms with E-state index >= 15 is 0 Å². The molecule has 0 radical (unpaired) electrons. The maximum absolute atomic E-state index is 13.6. The highest BCUT2D eigenvalue weighted by molar-refractivity contribution is 8.00. The third kappa shape index (κ3) is 5.77. The van der Waals surface area contributed by atoms with Crippen LogP contribution in [0, 0.1) is 5.82 Å². The number of hydrogen-bond acceptors (Lipinski definition) is 5. The summed E-state index contributed by atoms with van der Waals surface area (Å²) in [6.45, 7) is 0. The van der Waals surface area contributed by atoms with Crippen LogP contribution in [0.1, 0.15) is 11.1 Å². The van der Waals surface area contributed by atoms with E-state index in [1.165, 1.54) is 35.2 Å². The van der Waals surface area contributed by atoms with Crippen molar-refractivity contribution in [1.82, 2.24) is 10.2 Å². The smallest absolute Gasteiger partial charge is 0.250 e. The Balaban J connectivity index is 1.56. The summed E-state index contributed by atoms with van der Waals surface area (Å²) in [7, 11) is 0. The van der Waals surface area contributed by atoms with Crippen molar-refractivity contribution in [3.05, 3.63) is 75.5 Å². The maximum atomic E-state index is 13.6. The minimum atomic E-state index is -0.358. The number of anilines is 1. The van der Waals surface area contributed by atoms with E-state index in [0.717, 1.165) is 0 Å². The molecule has 4 nitrogen and oxygen atoms in total. The number of nitrogens with one attached hydrogen (secondary N) is 1.